The summed E-state index contributed by atoms with van der Waals surface area (Å²) in [4.78, 5) is 12.5. The van der Waals surface area contributed by atoms with E-state index < -0.39 is 0 Å². The van der Waals surface area contributed by atoms with E-state index in [9.17, 15) is 9.18 Å². The number of hydrogen-bond acceptors (Lipinski definition) is 4. The van der Waals surface area contributed by atoms with E-state index in [1.165, 1.54) is 12.1 Å². The smallest absolute Gasteiger partial charge is 0.276 e. The molecule has 0 bridgehead atoms. The van der Waals surface area contributed by atoms with E-state index >= 15 is 0 Å². The third-order valence-electron chi connectivity index (χ3n) is 4.16. The molecule has 150 valence electrons. The van der Waals surface area contributed by atoms with Gasteiger partial charge in [-0.15, -0.1) is 24.8 Å². The predicted octanol–water partition coefficient (Wildman–Crippen LogP) is 3.86. The number of benzene rings is 1. The summed E-state index contributed by atoms with van der Waals surface area (Å²) >= 11 is 0. The standard InChI is InChI=1S/C18H24FN5O.2ClH/c1-12(2)21-17-10-13(19)5-6-15(17)22-18(25)16-7-9-24(23-16)14-4-3-8-20-11-14;;/h5-7,9-10,12,14,20-21H,3-4,8,11H2,1-2H3,(H,22,25);2*1H. The Morgan fingerprint density at radius 2 is 2.07 bits per heavy atom. The molecule has 1 fully saturated rings. The Morgan fingerprint density at radius 3 is 2.74 bits per heavy atom. The van der Waals surface area contributed by atoms with E-state index in [1.807, 2.05) is 24.7 Å². The minimum Gasteiger partial charge on any atom is -0.381 e. The van der Waals surface area contributed by atoms with Crippen LogP contribution < -0.4 is 16.0 Å². The first-order valence-electron chi connectivity index (χ1n) is 8.66. The number of piperidine rings is 1. The van der Waals surface area contributed by atoms with Gasteiger partial charge < -0.3 is 16.0 Å². The van der Waals surface area contributed by atoms with Gasteiger partial charge in [0, 0.05) is 18.8 Å². The van der Waals surface area contributed by atoms with Gasteiger partial charge in [-0.25, -0.2) is 4.39 Å². The van der Waals surface area contributed by atoms with Crippen LogP contribution in [-0.2, 0) is 0 Å². The molecular formula is C18H26Cl2FN5O. The van der Waals surface area contributed by atoms with Gasteiger partial charge in [-0.1, -0.05) is 0 Å². The lowest BCUT2D eigenvalue weighted by atomic mass is 10.1. The second-order valence-electron chi connectivity index (χ2n) is 6.62. The number of rotatable bonds is 5. The summed E-state index contributed by atoms with van der Waals surface area (Å²) in [6.45, 7) is 5.80. The van der Waals surface area contributed by atoms with Crippen LogP contribution in [0.1, 0.15) is 43.2 Å². The van der Waals surface area contributed by atoms with E-state index in [4.69, 9.17) is 0 Å². The van der Waals surface area contributed by atoms with Crippen molar-refractivity contribution in [2.24, 2.45) is 0 Å². The third kappa shape index (κ3) is 6.09. The first-order valence-corrected chi connectivity index (χ1v) is 8.66. The summed E-state index contributed by atoms with van der Waals surface area (Å²) < 4.78 is 15.3. The molecule has 1 atom stereocenters. The van der Waals surface area contributed by atoms with Crippen molar-refractivity contribution in [3.63, 3.8) is 0 Å². The Morgan fingerprint density at radius 1 is 1.30 bits per heavy atom. The van der Waals surface area contributed by atoms with Crippen molar-refractivity contribution in [2.75, 3.05) is 23.7 Å². The highest BCUT2D eigenvalue weighted by Crippen LogP contribution is 2.24. The van der Waals surface area contributed by atoms with Gasteiger partial charge in [0.15, 0.2) is 5.69 Å². The minimum atomic E-state index is -0.352. The van der Waals surface area contributed by atoms with Crippen LogP contribution in [-0.4, -0.2) is 34.8 Å². The van der Waals surface area contributed by atoms with Crippen LogP contribution in [0.2, 0.25) is 0 Å². The van der Waals surface area contributed by atoms with Crippen molar-refractivity contribution in [3.05, 3.63) is 42.0 Å². The zero-order chi connectivity index (χ0) is 17.8. The molecule has 1 aliphatic heterocycles. The Balaban J connectivity index is 0.00000182. The van der Waals surface area contributed by atoms with Crippen LogP contribution in [0.4, 0.5) is 15.8 Å². The van der Waals surface area contributed by atoms with Crippen LogP contribution in [0.15, 0.2) is 30.5 Å². The molecule has 27 heavy (non-hydrogen) atoms. The molecule has 1 unspecified atom stereocenters. The molecule has 0 saturated carbocycles. The van der Waals surface area contributed by atoms with Gasteiger partial charge in [-0.2, -0.15) is 5.10 Å². The average molecular weight is 418 g/mol. The first kappa shape index (κ1) is 23.2. The zero-order valence-corrected chi connectivity index (χ0v) is 17.0. The lowest BCUT2D eigenvalue weighted by Crippen LogP contribution is -2.32. The van der Waals surface area contributed by atoms with Gasteiger partial charge in [0.1, 0.15) is 5.82 Å². The summed E-state index contributed by atoms with van der Waals surface area (Å²) in [5, 5.41) is 13.7. The summed E-state index contributed by atoms with van der Waals surface area (Å²) in [6.07, 6.45) is 3.99. The molecule has 1 saturated heterocycles. The van der Waals surface area contributed by atoms with Crippen molar-refractivity contribution in [1.82, 2.24) is 15.1 Å². The van der Waals surface area contributed by atoms with Crippen molar-refractivity contribution in [2.45, 2.75) is 38.8 Å². The molecule has 2 heterocycles. The van der Waals surface area contributed by atoms with Crippen LogP contribution in [0.25, 0.3) is 0 Å². The van der Waals surface area contributed by atoms with Crippen LogP contribution in [0.5, 0.6) is 0 Å². The topological polar surface area (TPSA) is 71.0 Å². The lowest BCUT2D eigenvalue weighted by molar-refractivity contribution is 0.102. The number of nitrogens with one attached hydrogen (secondary N) is 3. The fourth-order valence-electron chi connectivity index (χ4n) is 2.96. The molecule has 3 N–H and O–H groups in total. The van der Waals surface area contributed by atoms with E-state index in [0.29, 0.717) is 17.1 Å². The predicted molar refractivity (Wildman–Crippen MR) is 111 cm³/mol. The maximum atomic E-state index is 13.5. The van der Waals surface area contributed by atoms with Gasteiger partial charge in [0.05, 0.1) is 17.4 Å². The van der Waals surface area contributed by atoms with Crippen molar-refractivity contribution in [1.29, 1.82) is 0 Å². The Hall–Kier alpha value is -1.83. The number of hydrogen-bond donors (Lipinski definition) is 3. The molecule has 1 aromatic heterocycles. The molecule has 1 aromatic carbocycles. The van der Waals surface area contributed by atoms with E-state index in [0.717, 1.165) is 25.9 Å². The maximum Gasteiger partial charge on any atom is 0.276 e. The summed E-state index contributed by atoms with van der Waals surface area (Å²) in [5.41, 5.74) is 1.44. The summed E-state index contributed by atoms with van der Waals surface area (Å²) in [5.74, 6) is -0.656. The molecule has 9 heteroatoms. The number of halogens is 3. The Labute approximate surface area is 171 Å². The molecule has 3 rings (SSSR count). The van der Waals surface area contributed by atoms with E-state index in [1.54, 1.807) is 12.1 Å². The highest BCUT2D eigenvalue weighted by molar-refractivity contribution is 6.04. The second kappa shape index (κ2) is 10.5. The molecule has 6 nitrogen and oxygen atoms in total. The van der Waals surface area contributed by atoms with Gasteiger partial charge in [-0.3, -0.25) is 9.48 Å². The Kier molecular flexibility index (Phi) is 9.02. The summed E-state index contributed by atoms with van der Waals surface area (Å²) in [7, 11) is 0. The average Bonchev–Trinajstić information content (AvgIpc) is 3.08. The molecule has 0 spiro atoms. The number of aromatic nitrogens is 2. The number of carbonyl (C=O) groups excluding carboxylic acids is 1. The normalized spacial score (nSPS) is 16.2. The summed E-state index contributed by atoms with van der Waals surface area (Å²) in [6, 6.07) is 6.37. The lowest BCUT2D eigenvalue weighted by Gasteiger charge is -2.22. The molecule has 0 aliphatic carbocycles. The van der Waals surface area contributed by atoms with Crippen molar-refractivity contribution in [3.8, 4) is 0 Å². The monoisotopic (exact) mass is 417 g/mol. The second-order valence-corrected chi connectivity index (χ2v) is 6.62. The molecular weight excluding hydrogens is 392 g/mol. The number of nitrogens with zero attached hydrogens (tertiary/aromatic N) is 2. The van der Waals surface area contributed by atoms with Gasteiger partial charge in [0.25, 0.3) is 5.91 Å². The number of carbonyl (C=O) groups is 1. The highest BCUT2D eigenvalue weighted by atomic mass is 35.5. The van der Waals surface area contributed by atoms with Gasteiger partial charge in [0.2, 0.25) is 0 Å². The van der Waals surface area contributed by atoms with Gasteiger partial charge >= 0.3 is 0 Å². The number of anilines is 2. The minimum absolute atomic E-state index is 0. The van der Waals surface area contributed by atoms with Crippen LogP contribution >= 0.6 is 24.8 Å². The van der Waals surface area contributed by atoms with E-state index in [2.05, 4.69) is 21.0 Å². The van der Waals surface area contributed by atoms with Crippen molar-refractivity contribution >= 4 is 42.1 Å². The first-order chi connectivity index (χ1) is 12.0. The SMILES string of the molecule is CC(C)Nc1cc(F)ccc1NC(=O)c1ccn(C2CCCNC2)n1.Cl.Cl. The fraction of sp³-hybridized carbons (Fsp3) is 0.444. The fourth-order valence-corrected chi connectivity index (χ4v) is 2.96. The molecule has 1 amide bonds. The zero-order valence-electron chi connectivity index (χ0n) is 15.4. The maximum absolute atomic E-state index is 13.5. The quantitative estimate of drug-likeness (QED) is 0.690. The van der Waals surface area contributed by atoms with Crippen LogP contribution in [0, 0.1) is 5.82 Å². The van der Waals surface area contributed by atoms with E-state index in [-0.39, 0.29) is 48.6 Å². The molecule has 0 radical (unpaired) electrons. The van der Waals surface area contributed by atoms with Crippen molar-refractivity contribution < 1.29 is 9.18 Å². The molecule has 1 aliphatic rings. The highest BCUT2D eigenvalue weighted by Gasteiger charge is 2.18. The Bertz CT molecular complexity index is 747. The van der Waals surface area contributed by atoms with Gasteiger partial charge in [-0.05, 0) is 57.5 Å². The molecule has 2 aromatic rings. The largest absolute Gasteiger partial charge is 0.381 e. The third-order valence-corrected chi connectivity index (χ3v) is 4.16. The van der Waals surface area contributed by atoms with Crippen LogP contribution in [0.3, 0.4) is 0 Å². The number of amides is 1.